The summed E-state index contributed by atoms with van der Waals surface area (Å²) < 4.78 is 0. The quantitative estimate of drug-likeness (QED) is 0.685. The molecule has 21 heavy (non-hydrogen) atoms. The Kier molecular flexibility index (Phi) is 3.10. The van der Waals surface area contributed by atoms with Gasteiger partial charge in [-0.1, -0.05) is 24.3 Å². The largest absolute Gasteiger partial charge is 0.478 e. The van der Waals surface area contributed by atoms with Gasteiger partial charge in [-0.15, -0.1) is 0 Å². The van der Waals surface area contributed by atoms with E-state index in [0.717, 1.165) is 27.4 Å². The number of carbonyl (C=O) groups is 2. The van der Waals surface area contributed by atoms with Crippen molar-refractivity contribution in [2.45, 2.75) is 12.8 Å². The van der Waals surface area contributed by atoms with E-state index in [2.05, 4.69) is 4.98 Å². The van der Waals surface area contributed by atoms with Crippen LogP contribution >= 0.6 is 0 Å². The first-order valence-electron chi connectivity index (χ1n) is 6.61. The molecule has 0 radical (unpaired) electrons. The van der Waals surface area contributed by atoms with Gasteiger partial charge in [0.05, 0.1) is 5.56 Å². The zero-order valence-corrected chi connectivity index (χ0v) is 11.2. The summed E-state index contributed by atoms with van der Waals surface area (Å²) in [6, 6.07) is 10.9. The second kappa shape index (κ2) is 4.94. The normalized spacial score (nSPS) is 11.0. The molecule has 1 amide bonds. The summed E-state index contributed by atoms with van der Waals surface area (Å²) in [5, 5.41) is 11.0. The molecule has 0 spiro atoms. The topological polar surface area (TPSA) is 96.2 Å². The number of hydrogen-bond donors (Lipinski definition) is 3. The molecule has 3 rings (SSSR count). The molecule has 0 atom stereocenters. The predicted octanol–water partition coefficient (Wildman–Crippen LogP) is 2.44. The SMILES string of the molecule is NC(=O)CCc1cccc2c1[nH]c1cc(C(=O)O)ccc12. The monoisotopic (exact) mass is 282 g/mol. The molecular formula is C16H14N2O3. The van der Waals surface area contributed by atoms with Gasteiger partial charge in [-0.25, -0.2) is 4.79 Å². The molecule has 0 aliphatic rings. The summed E-state index contributed by atoms with van der Waals surface area (Å²) in [5.41, 5.74) is 8.14. The number of hydrogen-bond acceptors (Lipinski definition) is 2. The Morgan fingerprint density at radius 2 is 1.95 bits per heavy atom. The van der Waals surface area contributed by atoms with Crippen molar-refractivity contribution in [2.24, 2.45) is 5.73 Å². The molecule has 2 aromatic carbocycles. The number of benzene rings is 2. The van der Waals surface area contributed by atoms with Crippen LogP contribution in [0, 0.1) is 0 Å². The number of carboxylic acids is 1. The minimum atomic E-state index is -0.954. The fourth-order valence-corrected chi connectivity index (χ4v) is 2.59. The molecule has 0 bridgehead atoms. The van der Waals surface area contributed by atoms with Crippen molar-refractivity contribution in [2.75, 3.05) is 0 Å². The molecule has 4 N–H and O–H groups in total. The number of aromatic nitrogens is 1. The average molecular weight is 282 g/mol. The van der Waals surface area contributed by atoms with Crippen molar-refractivity contribution in [3.05, 3.63) is 47.5 Å². The number of amides is 1. The van der Waals surface area contributed by atoms with Crippen LogP contribution in [0.4, 0.5) is 0 Å². The summed E-state index contributed by atoms with van der Waals surface area (Å²) in [4.78, 5) is 25.2. The van der Waals surface area contributed by atoms with E-state index >= 15 is 0 Å². The minimum absolute atomic E-state index is 0.243. The molecule has 0 fully saturated rings. The maximum Gasteiger partial charge on any atom is 0.335 e. The Labute approximate surface area is 120 Å². The van der Waals surface area contributed by atoms with Crippen LogP contribution in [0.15, 0.2) is 36.4 Å². The Hall–Kier alpha value is -2.82. The lowest BCUT2D eigenvalue weighted by atomic mass is 10.0. The number of primary amides is 1. The highest BCUT2D eigenvalue weighted by molar-refractivity contribution is 6.09. The third-order valence-corrected chi connectivity index (χ3v) is 3.61. The first kappa shape index (κ1) is 13.2. The van der Waals surface area contributed by atoms with Crippen molar-refractivity contribution in [3.63, 3.8) is 0 Å². The molecule has 5 nitrogen and oxygen atoms in total. The average Bonchev–Trinajstić information content (AvgIpc) is 2.83. The maximum atomic E-state index is 11.0. The van der Waals surface area contributed by atoms with Gasteiger partial charge in [0, 0.05) is 28.2 Å². The smallest absolute Gasteiger partial charge is 0.335 e. The van der Waals surface area contributed by atoms with Crippen molar-refractivity contribution in [1.82, 2.24) is 4.98 Å². The Morgan fingerprint density at radius 3 is 2.67 bits per heavy atom. The molecule has 0 saturated heterocycles. The molecule has 106 valence electrons. The van der Waals surface area contributed by atoms with Crippen LogP contribution in [-0.4, -0.2) is 22.0 Å². The van der Waals surface area contributed by atoms with Crippen LogP contribution in [-0.2, 0) is 11.2 Å². The molecule has 3 aromatic rings. The first-order chi connectivity index (χ1) is 10.1. The molecule has 0 saturated carbocycles. The van der Waals surface area contributed by atoms with E-state index in [1.165, 1.54) is 0 Å². The number of carboxylic acid groups (broad SMARTS) is 1. The number of carbonyl (C=O) groups excluding carboxylic acids is 1. The summed E-state index contributed by atoms with van der Waals surface area (Å²) in [6.07, 6.45) is 0.847. The van der Waals surface area contributed by atoms with E-state index in [9.17, 15) is 9.59 Å². The van der Waals surface area contributed by atoms with Crippen molar-refractivity contribution >= 4 is 33.7 Å². The number of fused-ring (bicyclic) bond motifs is 3. The number of nitrogens with two attached hydrogens (primary N) is 1. The van der Waals surface area contributed by atoms with Crippen LogP contribution in [0.25, 0.3) is 21.8 Å². The summed E-state index contributed by atoms with van der Waals surface area (Å²) in [7, 11) is 0. The van der Waals surface area contributed by atoms with E-state index in [-0.39, 0.29) is 17.9 Å². The zero-order chi connectivity index (χ0) is 15.0. The third-order valence-electron chi connectivity index (χ3n) is 3.61. The highest BCUT2D eigenvalue weighted by atomic mass is 16.4. The van der Waals surface area contributed by atoms with E-state index in [1.807, 2.05) is 18.2 Å². The first-order valence-corrected chi connectivity index (χ1v) is 6.61. The van der Waals surface area contributed by atoms with Gasteiger partial charge in [0.2, 0.25) is 5.91 Å². The van der Waals surface area contributed by atoms with Crippen LogP contribution in [0.3, 0.4) is 0 Å². The van der Waals surface area contributed by atoms with Crippen LogP contribution in [0.5, 0.6) is 0 Å². The van der Waals surface area contributed by atoms with E-state index in [0.29, 0.717) is 6.42 Å². The van der Waals surface area contributed by atoms with E-state index < -0.39 is 5.97 Å². The molecule has 0 aliphatic heterocycles. The third kappa shape index (κ3) is 2.33. The van der Waals surface area contributed by atoms with Crippen molar-refractivity contribution in [1.29, 1.82) is 0 Å². The fraction of sp³-hybridized carbons (Fsp3) is 0.125. The molecule has 1 heterocycles. The summed E-state index contributed by atoms with van der Waals surface area (Å²) >= 11 is 0. The van der Waals surface area contributed by atoms with Gasteiger partial charge >= 0.3 is 5.97 Å². The Bertz CT molecular complexity index is 864. The van der Waals surface area contributed by atoms with Crippen LogP contribution in [0.2, 0.25) is 0 Å². The second-order valence-electron chi connectivity index (χ2n) is 5.00. The lowest BCUT2D eigenvalue weighted by Crippen LogP contribution is -2.11. The fourth-order valence-electron chi connectivity index (χ4n) is 2.59. The van der Waals surface area contributed by atoms with Gasteiger partial charge < -0.3 is 15.8 Å². The standard InChI is InChI=1S/C16H14N2O3/c17-14(19)7-5-9-2-1-3-12-11-6-4-10(16(20)21)8-13(11)18-15(9)12/h1-4,6,8,18H,5,7H2,(H2,17,19)(H,20,21). The number of nitrogens with one attached hydrogen (secondary N) is 1. The molecule has 5 heteroatoms. The predicted molar refractivity (Wildman–Crippen MR) is 80.3 cm³/mol. The number of aromatic amines is 1. The zero-order valence-electron chi connectivity index (χ0n) is 11.2. The van der Waals surface area contributed by atoms with Crippen molar-refractivity contribution in [3.8, 4) is 0 Å². The highest BCUT2D eigenvalue weighted by Crippen LogP contribution is 2.28. The summed E-state index contributed by atoms with van der Waals surface area (Å²) in [6.45, 7) is 0. The van der Waals surface area contributed by atoms with Crippen molar-refractivity contribution < 1.29 is 14.7 Å². The van der Waals surface area contributed by atoms with Gasteiger partial charge in [-0.05, 0) is 24.1 Å². The van der Waals surface area contributed by atoms with Gasteiger partial charge in [0.15, 0.2) is 0 Å². The highest BCUT2D eigenvalue weighted by Gasteiger charge is 2.11. The molecule has 0 aliphatic carbocycles. The Balaban J connectivity index is 2.17. The molecule has 1 aromatic heterocycles. The lowest BCUT2D eigenvalue weighted by molar-refractivity contribution is -0.117. The second-order valence-corrected chi connectivity index (χ2v) is 5.00. The van der Waals surface area contributed by atoms with Crippen LogP contribution in [0.1, 0.15) is 22.3 Å². The number of aromatic carboxylic acids is 1. The minimum Gasteiger partial charge on any atom is -0.478 e. The number of para-hydroxylation sites is 1. The Morgan fingerprint density at radius 1 is 1.14 bits per heavy atom. The van der Waals surface area contributed by atoms with Gasteiger partial charge in [0.1, 0.15) is 0 Å². The molecular weight excluding hydrogens is 268 g/mol. The number of aryl methyl sites for hydroxylation is 1. The lowest BCUT2D eigenvalue weighted by Gasteiger charge is -2.01. The van der Waals surface area contributed by atoms with Gasteiger partial charge in [0.25, 0.3) is 0 Å². The van der Waals surface area contributed by atoms with E-state index in [4.69, 9.17) is 10.8 Å². The number of H-pyrrole nitrogens is 1. The van der Waals surface area contributed by atoms with E-state index in [1.54, 1.807) is 18.2 Å². The van der Waals surface area contributed by atoms with Gasteiger partial charge in [-0.3, -0.25) is 4.79 Å². The van der Waals surface area contributed by atoms with Gasteiger partial charge in [-0.2, -0.15) is 0 Å². The summed E-state index contributed by atoms with van der Waals surface area (Å²) in [5.74, 6) is -1.29. The van der Waals surface area contributed by atoms with Crippen LogP contribution < -0.4 is 5.73 Å². The number of rotatable bonds is 4. The maximum absolute atomic E-state index is 11.0. The molecule has 0 unspecified atom stereocenters.